The Bertz CT molecular complexity index is 1330. The Kier molecular flexibility index (Phi) is 10.3. The number of carbonyl (C=O) groups excluding carboxylic acids is 1. The quantitative estimate of drug-likeness (QED) is 0.419. The van der Waals surface area contributed by atoms with E-state index >= 15 is 0 Å². The van der Waals surface area contributed by atoms with Crippen LogP contribution in [0.15, 0.2) is 42.6 Å². The van der Waals surface area contributed by atoms with E-state index in [1.807, 2.05) is 12.1 Å². The van der Waals surface area contributed by atoms with Gasteiger partial charge in [-0.3, -0.25) is 4.79 Å². The molecule has 1 N–H and O–H groups in total. The number of benzene rings is 1. The topological polar surface area (TPSA) is 126 Å². The molecule has 0 radical (unpaired) electrons. The largest absolute Gasteiger partial charge is 0.489 e. The summed E-state index contributed by atoms with van der Waals surface area (Å²) in [4.78, 5) is 28.8. The lowest BCUT2D eigenvalue weighted by molar-refractivity contribution is -0.127. The first-order chi connectivity index (χ1) is 18.4. The second-order valence-corrected chi connectivity index (χ2v) is 9.01. The molecule has 0 aliphatic carbocycles. The van der Waals surface area contributed by atoms with E-state index in [0.717, 1.165) is 18.4 Å². The maximum atomic E-state index is 12.1. The third-order valence-electron chi connectivity index (χ3n) is 6.07. The van der Waals surface area contributed by atoms with Crippen molar-refractivity contribution in [2.45, 2.75) is 18.9 Å². The van der Waals surface area contributed by atoms with Crippen molar-refractivity contribution in [3.05, 3.63) is 48.2 Å². The van der Waals surface area contributed by atoms with Gasteiger partial charge in [0.1, 0.15) is 29.4 Å². The van der Waals surface area contributed by atoms with Crippen LogP contribution >= 0.6 is 12.4 Å². The fourth-order valence-corrected chi connectivity index (χ4v) is 3.92. The van der Waals surface area contributed by atoms with Gasteiger partial charge < -0.3 is 29.3 Å². The Morgan fingerprint density at radius 3 is 2.62 bits per heavy atom. The number of amides is 1. The van der Waals surface area contributed by atoms with Crippen LogP contribution in [0.2, 0.25) is 0 Å². The molecular formula is C27H32ClN7O4. The van der Waals surface area contributed by atoms with Crippen LogP contribution in [-0.4, -0.2) is 79.9 Å². The summed E-state index contributed by atoms with van der Waals surface area (Å²) in [5.74, 6) is 1.70. The minimum Gasteiger partial charge on any atom is -0.489 e. The van der Waals surface area contributed by atoms with Gasteiger partial charge in [-0.15, -0.1) is 12.4 Å². The molecule has 0 bridgehead atoms. The predicted octanol–water partition coefficient (Wildman–Crippen LogP) is 3.67. The zero-order chi connectivity index (χ0) is 27.1. The summed E-state index contributed by atoms with van der Waals surface area (Å²) in [7, 11) is 6.75. The molecule has 12 heteroatoms. The second kappa shape index (κ2) is 13.6. The Labute approximate surface area is 234 Å². The van der Waals surface area contributed by atoms with E-state index in [9.17, 15) is 10.1 Å². The first-order valence-corrected chi connectivity index (χ1v) is 12.2. The maximum absolute atomic E-state index is 12.1. The molecule has 11 nitrogen and oxygen atoms in total. The van der Waals surface area contributed by atoms with Crippen molar-refractivity contribution in [1.82, 2.24) is 19.9 Å². The van der Waals surface area contributed by atoms with Crippen molar-refractivity contribution in [3.63, 3.8) is 0 Å². The number of nitrogens with zero attached hydrogens (tertiary/aromatic N) is 6. The first-order valence-electron chi connectivity index (χ1n) is 12.2. The van der Waals surface area contributed by atoms with Gasteiger partial charge in [-0.2, -0.15) is 10.2 Å². The third-order valence-corrected chi connectivity index (χ3v) is 6.07. The summed E-state index contributed by atoms with van der Waals surface area (Å²) >= 11 is 0. The molecule has 1 aliphatic heterocycles. The first kappa shape index (κ1) is 29.4. The number of rotatable bonds is 9. The summed E-state index contributed by atoms with van der Waals surface area (Å²) in [6, 6.07) is 13.0. The smallest absolute Gasteiger partial charge is 0.241 e. The summed E-state index contributed by atoms with van der Waals surface area (Å²) in [5, 5.41) is 12.8. The lowest BCUT2D eigenvalue weighted by Crippen LogP contribution is -2.34. The Hall–Kier alpha value is -4.14. The minimum atomic E-state index is -0.0373. The van der Waals surface area contributed by atoms with Gasteiger partial charge in [0, 0.05) is 45.7 Å². The monoisotopic (exact) mass is 553 g/mol. The van der Waals surface area contributed by atoms with E-state index in [4.69, 9.17) is 14.2 Å². The molecule has 1 aromatic carbocycles. The van der Waals surface area contributed by atoms with Crippen LogP contribution in [0, 0.1) is 11.3 Å². The number of halogens is 1. The lowest BCUT2D eigenvalue weighted by atomic mass is 10.1. The summed E-state index contributed by atoms with van der Waals surface area (Å²) < 4.78 is 16.9. The highest BCUT2D eigenvalue weighted by molar-refractivity contribution is 5.85. The van der Waals surface area contributed by atoms with Crippen molar-refractivity contribution in [1.29, 1.82) is 5.26 Å². The maximum Gasteiger partial charge on any atom is 0.241 e. The zero-order valence-electron chi connectivity index (χ0n) is 22.4. The number of hydrogen-bond acceptors (Lipinski definition) is 10. The van der Waals surface area contributed by atoms with E-state index in [2.05, 4.69) is 26.3 Å². The van der Waals surface area contributed by atoms with Crippen LogP contribution in [0.25, 0.3) is 11.3 Å². The molecule has 1 saturated heterocycles. The van der Waals surface area contributed by atoms with Gasteiger partial charge in [0.25, 0.3) is 0 Å². The van der Waals surface area contributed by atoms with E-state index in [-0.39, 0.29) is 31.0 Å². The molecule has 206 valence electrons. The van der Waals surface area contributed by atoms with Gasteiger partial charge in [0.05, 0.1) is 38.1 Å². The minimum absolute atomic E-state index is 0. The number of hydrogen-bond donors (Lipinski definition) is 1. The molecule has 1 aliphatic rings. The van der Waals surface area contributed by atoms with E-state index < -0.39 is 0 Å². The van der Waals surface area contributed by atoms with Gasteiger partial charge in [-0.05, 0) is 36.4 Å². The number of methoxy groups -OCH3 is 1. The molecule has 3 heterocycles. The van der Waals surface area contributed by atoms with Gasteiger partial charge in [-0.1, -0.05) is 0 Å². The van der Waals surface area contributed by atoms with E-state index in [1.165, 1.54) is 12.0 Å². The van der Waals surface area contributed by atoms with Gasteiger partial charge in [-0.25, -0.2) is 9.97 Å². The van der Waals surface area contributed by atoms with Gasteiger partial charge >= 0.3 is 0 Å². The molecule has 0 saturated carbocycles. The standard InChI is InChI=1S/C27H31N7O4.ClH/c1-33(2)25(35)17-34(3)22-6-8-24(31-26(22)36-4)32-27-29-12-9-21(30-27)18-5-7-23(19(15-18)16-28)38-20-10-13-37-14-11-20;/h5-9,12,15,20H,10-11,13-14,17H2,1-4H3,(H,29,30,31,32);1H. The van der Waals surface area contributed by atoms with Crippen LogP contribution in [-0.2, 0) is 9.53 Å². The average molecular weight is 554 g/mol. The molecule has 39 heavy (non-hydrogen) atoms. The molecule has 2 aromatic heterocycles. The van der Waals surface area contributed by atoms with Crippen LogP contribution in [0.5, 0.6) is 11.6 Å². The highest BCUT2D eigenvalue weighted by Gasteiger charge is 2.18. The molecule has 0 atom stereocenters. The van der Waals surface area contributed by atoms with E-state index in [0.29, 0.717) is 53.6 Å². The van der Waals surface area contributed by atoms with Crippen molar-refractivity contribution < 1.29 is 19.0 Å². The highest BCUT2D eigenvalue weighted by atomic mass is 35.5. The molecule has 0 spiro atoms. The molecule has 3 aromatic rings. The van der Waals surface area contributed by atoms with Gasteiger partial charge in [0.2, 0.25) is 17.7 Å². The van der Waals surface area contributed by atoms with Crippen LogP contribution < -0.4 is 19.7 Å². The Morgan fingerprint density at radius 2 is 1.92 bits per heavy atom. The molecule has 0 unspecified atom stereocenters. The number of carbonyl (C=O) groups is 1. The fourth-order valence-electron chi connectivity index (χ4n) is 3.92. The average Bonchev–Trinajstić information content (AvgIpc) is 2.93. The third kappa shape index (κ3) is 7.46. The number of nitrogens with one attached hydrogen (secondary N) is 1. The van der Waals surface area contributed by atoms with E-state index in [1.54, 1.807) is 56.5 Å². The van der Waals surface area contributed by atoms with Crippen LogP contribution in [0.1, 0.15) is 18.4 Å². The molecule has 1 amide bonds. The lowest BCUT2D eigenvalue weighted by Gasteiger charge is -2.23. The number of likely N-dealkylation sites (N-methyl/N-ethyl adjacent to an activating group) is 2. The SMILES string of the molecule is COc1nc(Nc2nccc(-c3ccc(OC4CCOCC4)c(C#N)c3)n2)ccc1N(C)CC(=O)N(C)C.Cl. The number of pyridine rings is 1. The normalized spacial score (nSPS) is 13.0. The van der Waals surface area contributed by atoms with Crippen molar-refractivity contribution in [2.24, 2.45) is 0 Å². The zero-order valence-corrected chi connectivity index (χ0v) is 23.2. The summed E-state index contributed by atoms with van der Waals surface area (Å²) in [6.07, 6.45) is 3.28. The van der Waals surface area contributed by atoms with Crippen LogP contribution in [0.3, 0.4) is 0 Å². The van der Waals surface area contributed by atoms with Crippen molar-refractivity contribution >= 4 is 35.8 Å². The van der Waals surface area contributed by atoms with Crippen LogP contribution in [0.4, 0.5) is 17.5 Å². The predicted molar refractivity (Wildman–Crippen MR) is 150 cm³/mol. The molecule has 1 fully saturated rings. The highest BCUT2D eigenvalue weighted by Crippen LogP contribution is 2.30. The number of ether oxygens (including phenoxy) is 3. The number of aromatic nitrogens is 3. The summed E-state index contributed by atoms with van der Waals surface area (Å²) in [5.41, 5.74) is 2.53. The van der Waals surface area contributed by atoms with Crippen molar-refractivity contribution in [3.8, 4) is 29.0 Å². The molecule has 4 rings (SSSR count). The summed E-state index contributed by atoms with van der Waals surface area (Å²) in [6.45, 7) is 1.52. The van der Waals surface area contributed by atoms with Crippen molar-refractivity contribution in [2.75, 3.05) is 58.2 Å². The number of nitriles is 1. The number of anilines is 3. The molecular weight excluding hydrogens is 522 g/mol. The Balaban J connectivity index is 0.00000420. The Morgan fingerprint density at radius 1 is 1.15 bits per heavy atom. The second-order valence-electron chi connectivity index (χ2n) is 9.01. The van der Waals surface area contributed by atoms with Gasteiger partial charge in [0.15, 0.2) is 0 Å². The fraction of sp³-hybridized carbons (Fsp3) is 0.370.